The van der Waals surface area contributed by atoms with E-state index in [9.17, 15) is 0 Å². The summed E-state index contributed by atoms with van der Waals surface area (Å²) in [4.78, 5) is 0. The van der Waals surface area contributed by atoms with E-state index in [2.05, 4.69) is 33.1 Å². The van der Waals surface area contributed by atoms with Gasteiger partial charge >= 0.3 is 0 Å². The van der Waals surface area contributed by atoms with E-state index in [4.69, 9.17) is 4.74 Å². The van der Waals surface area contributed by atoms with Crippen LogP contribution in [-0.2, 0) is 4.74 Å². The van der Waals surface area contributed by atoms with E-state index in [1.165, 1.54) is 25.7 Å². The summed E-state index contributed by atoms with van der Waals surface area (Å²) in [7, 11) is 2.06. The fourth-order valence-corrected chi connectivity index (χ4v) is 2.85. The molecule has 2 heteroatoms. The largest absolute Gasteiger partial charge is 0.378 e. The van der Waals surface area contributed by atoms with Crippen LogP contribution in [0.3, 0.4) is 0 Å². The first-order chi connectivity index (χ1) is 7.67. The van der Waals surface area contributed by atoms with Gasteiger partial charge in [-0.15, -0.1) is 0 Å². The van der Waals surface area contributed by atoms with Gasteiger partial charge < -0.3 is 10.1 Å². The van der Waals surface area contributed by atoms with Gasteiger partial charge in [0.15, 0.2) is 0 Å². The molecule has 0 aromatic heterocycles. The average molecular weight is 227 g/mol. The predicted octanol–water partition coefficient (Wildman–Crippen LogP) is 3.07. The van der Waals surface area contributed by atoms with Gasteiger partial charge in [0.25, 0.3) is 0 Å². The Kier molecular flexibility index (Phi) is 6.37. The van der Waals surface area contributed by atoms with E-state index in [-0.39, 0.29) is 0 Å². The molecule has 1 aliphatic rings. The van der Waals surface area contributed by atoms with E-state index in [0.717, 1.165) is 30.9 Å². The van der Waals surface area contributed by atoms with Gasteiger partial charge in [-0.3, -0.25) is 0 Å². The third-order valence-electron chi connectivity index (χ3n) is 3.94. The van der Waals surface area contributed by atoms with Crippen LogP contribution < -0.4 is 5.32 Å². The number of hydrogen-bond acceptors (Lipinski definition) is 2. The first-order valence-corrected chi connectivity index (χ1v) is 6.93. The molecule has 1 rings (SSSR count). The summed E-state index contributed by atoms with van der Waals surface area (Å²) >= 11 is 0. The van der Waals surface area contributed by atoms with Crippen molar-refractivity contribution in [2.24, 2.45) is 17.8 Å². The lowest BCUT2D eigenvalue weighted by Gasteiger charge is -2.36. The Morgan fingerprint density at radius 1 is 1.25 bits per heavy atom. The highest BCUT2D eigenvalue weighted by Crippen LogP contribution is 2.35. The zero-order valence-electron chi connectivity index (χ0n) is 11.5. The molecule has 1 N–H and O–H groups in total. The first-order valence-electron chi connectivity index (χ1n) is 6.93. The second-order valence-electron chi connectivity index (χ2n) is 5.55. The molecular formula is C14H29NO. The van der Waals surface area contributed by atoms with Crippen LogP contribution in [0, 0.1) is 17.8 Å². The minimum atomic E-state index is 0.372. The van der Waals surface area contributed by atoms with Crippen molar-refractivity contribution in [3.8, 4) is 0 Å². The molecule has 3 unspecified atom stereocenters. The maximum Gasteiger partial charge on any atom is 0.0519 e. The molecule has 96 valence electrons. The third kappa shape index (κ3) is 4.42. The van der Waals surface area contributed by atoms with Gasteiger partial charge in [0.1, 0.15) is 0 Å². The molecule has 1 fully saturated rings. The molecular weight excluding hydrogens is 198 g/mol. The molecule has 0 saturated heterocycles. The quantitative estimate of drug-likeness (QED) is 0.753. The third-order valence-corrected chi connectivity index (χ3v) is 3.94. The average Bonchev–Trinajstić information content (AvgIpc) is 2.28. The minimum Gasteiger partial charge on any atom is -0.378 e. The molecule has 1 aliphatic carbocycles. The van der Waals surface area contributed by atoms with Gasteiger partial charge in [-0.25, -0.2) is 0 Å². The Morgan fingerprint density at radius 3 is 2.56 bits per heavy atom. The molecule has 16 heavy (non-hydrogen) atoms. The van der Waals surface area contributed by atoms with Gasteiger partial charge in [-0.1, -0.05) is 19.8 Å². The van der Waals surface area contributed by atoms with E-state index < -0.39 is 0 Å². The summed E-state index contributed by atoms with van der Waals surface area (Å²) in [5.74, 6) is 2.54. The molecule has 0 aromatic carbocycles. The van der Waals surface area contributed by atoms with Gasteiger partial charge in [-0.05, 0) is 58.0 Å². The van der Waals surface area contributed by atoms with Crippen molar-refractivity contribution in [2.45, 2.75) is 52.6 Å². The molecule has 0 heterocycles. The minimum absolute atomic E-state index is 0.372. The standard InChI is InChI=1S/C14H29NO/c1-5-12-6-7-13(9-15-4)14(8-12)10-16-11(2)3/h11-15H,5-10H2,1-4H3. The normalized spacial score (nSPS) is 30.9. The maximum absolute atomic E-state index is 5.82. The Hall–Kier alpha value is -0.0800. The van der Waals surface area contributed by atoms with Crippen LogP contribution in [0.15, 0.2) is 0 Å². The molecule has 0 aromatic rings. The Bertz CT molecular complexity index is 182. The predicted molar refractivity (Wildman–Crippen MR) is 69.6 cm³/mol. The molecule has 3 atom stereocenters. The van der Waals surface area contributed by atoms with Crippen molar-refractivity contribution in [1.82, 2.24) is 5.32 Å². The van der Waals surface area contributed by atoms with Crippen molar-refractivity contribution in [2.75, 3.05) is 20.2 Å². The zero-order chi connectivity index (χ0) is 12.0. The first kappa shape index (κ1) is 14.0. The lowest BCUT2D eigenvalue weighted by molar-refractivity contribution is 0.0125. The summed E-state index contributed by atoms with van der Waals surface area (Å²) in [6.07, 6.45) is 5.88. The van der Waals surface area contributed by atoms with Crippen LogP contribution in [0.2, 0.25) is 0 Å². The zero-order valence-corrected chi connectivity index (χ0v) is 11.5. The van der Waals surface area contributed by atoms with Crippen molar-refractivity contribution in [3.05, 3.63) is 0 Å². The van der Waals surface area contributed by atoms with Gasteiger partial charge in [-0.2, -0.15) is 0 Å². The molecule has 0 bridgehead atoms. The van der Waals surface area contributed by atoms with Gasteiger partial charge in [0, 0.05) is 0 Å². The number of hydrogen-bond donors (Lipinski definition) is 1. The summed E-state index contributed by atoms with van der Waals surface area (Å²) < 4.78 is 5.82. The molecule has 0 amide bonds. The van der Waals surface area contributed by atoms with Crippen LogP contribution in [-0.4, -0.2) is 26.3 Å². The molecule has 1 saturated carbocycles. The van der Waals surface area contributed by atoms with Crippen LogP contribution in [0.1, 0.15) is 46.5 Å². The summed E-state index contributed by atoms with van der Waals surface area (Å²) in [5.41, 5.74) is 0. The lowest BCUT2D eigenvalue weighted by Crippen LogP contribution is -2.34. The monoisotopic (exact) mass is 227 g/mol. The smallest absolute Gasteiger partial charge is 0.0519 e. The van der Waals surface area contributed by atoms with E-state index in [0.29, 0.717) is 6.10 Å². The highest BCUT2D eigenvalue weighted by Gasteiger charge is 2.29. The molecule has 0 spiro atoms. The maximum atomic E-state index is 5.82. The topological polar surface area (TPSA) is 21.3 Å². The number of ether oxygens (including phenoxy) is 1. The van der Waals surface area contributed by atoms with Crippen LogP contribution >= 0.6 is 0 Å². The van der Waals surface area contributed by atoms with Crippen molar-refractivity contribution < 1.29 is 4.74 Å². The summed E-state index contributed by atoms with van der Waals surface area (Å²) in [5, 5.41) is 3.33. The summed E-state index contributed by atoms with van der Waals surface area (Å²) in [6, 6.07) is 0. The highest BCUT2D eigenvalue weighted by atomic mass is 16.5. The Labute approximate surface area is 101 Å². The second kappa shape index (κ2) is 7.29. The van der Waals surface area contributed by atoms with Crippen molar-refractivity contribution >= 4 is 0 Å². The SMILES string of the molecule is CCC1CCC(CNC)C(COC(C)C)C1. The van der Waals surface area contributed by atoms with Crippen LogP contribution in [0.5, 0.6) is 0 Å². The molecule has 2 nitrogen and oxygen atoms in total. The van der Waals surface area contributed by atoms with Crippen molar-refractivity contribution in [1.29, 1.82) is 0 Å². The van der Waals surface area contributed by atoms with E-state index >= 15 is 0 Å². The second-order valence-corrected chi connectivity index (χ2v) is 5.55. The highest BCUT2D eigenvalue weighted by molar-refractivity contribution is 4.80. The van der Waals surface area contributed by atoms with Crippen LogP contribution in [0.25, 0.3) is 0 Å². The number of nitrogens with one attached hydrogen (secondary N) is 1. The lowest BCUT2D eigenvalue weighted by atomic mass is 9.73. The Morgan fingerprint density at radius 2 is 2.00 bits per heavy atom. The summed E-state index contributed by atoms with van der Waals surface area (Å²) in [6.45, 7) is 8.70. The Balaban J connectivity index is 2.43. The molecule has 0 radical (unpaired) electrons. The number of rotatable bonds is 6. The van der Waals surface area contributed by atoms with Crippen LogP contribution in [0.4, 0.5) is 0 Å². The van der Waals surface area contributed by atoms with Gasteiger partial charge in [0.2, 0.25) is 0 Å². The van der Waals surface area contributed by atoms with E-state index in [1.54, 1.807) is 0 Å². The fraction of sp³-hybridized carbons (Fsp3) is 1.00. The fourth-order valence-electron chi connectivity index (χ4n) is 2.85. The van der Waals surface area contributed by atoms with Gasteiger partial charge in [0.05, 0.1) is 12.7 Å². The molecule has 0 aliphatic heterocycles. The van der Waals surface area contributed by atoms with Crippen molar-refractivity contribution in [3.63, 3.8) is 0 Å². The van der Waals surface area contributed by atoms with E-state index in [1.807, 2.05) is 0 Å².